The Labute approximate surface area is 90.8 Å². The van der Waals surface area contributed by atoms with E-state index in [0.29, 0.717) is 13.1 Å². The van der Waals surface area contributed by atoms with E-state index >= 15 is 0 Å². The third-order valence-electron chi connectivity index (χ3n) is 2.38. The first kappa shape index (κ1) is 12.9. The second-order valence-corrected chi connectivity index (χ2v) is 5.85. The molecule has 0 bridgehead atoms. The van der Waals surface area contributed by atoms with Crippen LogP contribution in [0.25, 0.3) is 0 Å². The molecule has 0 aromatic heterocycles. The molecule has 0 aromatic carbocycles. The van der Waals surface area contributed by atoms with Gasteiger partial charge >= 0.3 is 0 Å². The fourth-order valence-corrected chi connectivity index (χ4v) is 2.91. The normalized spacial score (nSPS) is 27.9. The fourth-order valence-electron chi connectivity index (χ4n) is 1.58. The lowest BCUT2D eigenvalue weighted by atomic mass is 10.2. The largest absolute Gasteiger partial charge is 0.390 e. The topological polar surface area (TPSA) is 81.7 Å². The highest BCUT2D eigenvalue weighted by atomic mass is 32.2. The second-order valence-electron chi connectivity index (χ2n) is 4.09. The van der Waals surface area contributed by atoms with Crippen LogP contribution in [-0.2, 0) is 10.2 Å². The van der Waals surface area contributed by atoms with E-state index in [9.17, 15) is 13.5 Å². The molecule has 0 radical (unpaired) electrons. The van der Waals surface area contributed by atoms with Gasteiger partial charge in [-0.25, -0.2) is 0 Å². The van der Waals surface area contributed by atoms with Crippen LogP contribution >= 0.6 is 0 Å². The summed E-state index contributed by atoms with van der Waals surface area (Å²) in [6, 6.07) is -0.537. The number of rotatable bonds is 4. The van der Waals surface area contributed by atoms with Crippen LogP contribution in [-0.4, -0.2) is 56.2 Å². The van der Waals surface area contributed by atoms with E-state index in [0.717, 1.165) is 0 Å². The molecule has 3 N–H and O–H groups in total. The SMILES string of the molecule is CC(C)NS(=O)(=O)N(C)[C@@H]1CNC[C@H]1O. The maximum atomic E-state index is 11.7. The van der Waals surface area contributed by atoms with Crippen LogP contribution in [0.3, 0.4) is 0 Å². The van der Waals surface area contributed by atoms with Gasteiger partial charge in [0, 0.05) is 26.2 Å². The van der Waals surface area contributed by atoms with Gasteiger partial charge in [-0.05, 0) is 13.8 Å². The molecule has 1 aliphatic heterocycles. The minimum atomic E-state index is -3.49. The molecule has 1 saturated heterocycles. The van der Waals surface area contributed by atoms with Gasteiger partial charge in [-0.15, -0.1) is 0 Å². The maximum Gasteiger partial charge on any atom is 0.279 e. The molecular weight excluding hydrogens is 218 g/mol. The van der Waals surface area contributed by atoms with E-state index in [1.165, 1.54) is 11.4 Å². The molecule has 90 valence electrons. The van der Waals surface area contributed by atoms with Crippen LogP contribution in [0, 0.1) is 0 Å². The van der Waals surface area contributed by atoms with Gasteiger partial charge in [0.2, 0.25) is 0 Å². The first-order chi connectivity index (χ1) is 6.84. The molecule has 1 fully saturated rings. The van der Waals surface area contributed by atoms with Crippen LogP contribution in [0.5, 0.6) is 0 Å². The molecular formula is C8H19N3O3S. The molecule has 7 heteroatoms. The van der Waals surface area contributed by atoms with E-state index in [2.05, 4.69) is 10.0 Å². The second kappa shape index (κ2) is 4.75. The van der Waals surface area contributed by atoms with Crippen LogP contribution in [0.4, 0.5) is 0 Å². The van der Waals surface area contributed by atoms with Crippen LogP contribution < -0.4 is 10.0 Å². The van der Waals surface area contributed by atoms with Crippen LogP contribution in [0.2, 0.25) is 0 Å². The van der Waals surface area contributed by atoms with Crippen molar-refractivity contribution < 1.29 is 13.5 Å². The van der Waals surface area contributed by atoms with Crippen molar-refractivity contribution >= 4 is 10.2 Å². The van der Waals surface area contributed by atoms with Crippen molar-refractivity contribution in [3.05, 3.63) is 0 Å². The summed E-state index contributed by atoms with van der Waals surface area (Å²) in [6.45, 7) is 4.44. The molecule has 0 spiro atoms. The number of likely N-dealkylation sites (N-methyl/N-ethyl adjacent to an activating group) is 1. The summed E-state index contributed by atoms with van der Waals surface area (Å²) >= 11 is 0. The summed E-state index contributed by atoms with van der Waals surface area (Å²) < 4.78 is 27.2. The molecule has 6 nitrogen and oxygen atoms in total. The van der Waals surface area contributed by atoms with Crippen LogP contribution in [0.1, 0.15) is 13.8 Å². The monoisotopic (exact) mass is 237 g/mol. The van der Waals surface area contributed by atoms with Crippen molar-refractivity contribution in [2.45, 2.75) is 32.0 Å². The Morgan fingerprint density at radius 2 is 2.07 bits per heavy atom. The molecule has 0 aliphatic carbocycles. The average molecular weight is 237 g/mol. The highest BCUT2D eigenvalue weighted by Gasteiger charge is 2.34. The number of aliphatic hydroxyl groups excluding tert-OH is 1. The number of hydrogen-bond acceptors (Lipinski definition) is 4. The molecule has 1 aliphatic rings. The van der Waals surface area contributed by atoms with Crippen molar-refractivity contribution in [2.24, 2.45) is 0 Å². The van der Waals surface area contributed by atoms with Crippen LogP contribution in [0.15, 0.2) is 0 Å². The van der Waals surface area contributed by atoms with Gasteiger partial charge in [-0.2, -0.15) is 17.4 Å². The zero-order chi connectivity index (χ0) is 11.6. The average Bonchev–Trinajstić information content (AvgIpc) is 2.47. The standard InChI is InChI=1S/C8H19N3O3S/c1-6(2)10-15(13,14)11(3)7-4-9-5-8(7)12/h6-10,12H,4-5H2,1-3H3/t7-,8-/m1/s1. The van der Waals surface area contributed by atoms with Gasteiger partial charge in [-0.1, -0.05) is 0 Å². The number of nitrogens with zero attached hydrogens (tertiary/aromatic N) is 1. The van der Waals surface area contributed by atoms with Gasteiger partial charge in [0.25, 0.3) is 10.2 Å². The molecule has 0 aromatic rings. The summed E-state index contributed by atoms with van der Waals surface area (Å²) in [4.78, 5) is 0. The van der Waals surface area contributed by atoms with E-state index in [1.807, 2.05) is 0 Å². The third kappa shape index (κ3) is 3.12. The highest BCUT2D eigenvalue weighted by Crippen LogP contribution is 2.10. The van der Waals surface area contributed by atoms with E-state index in [-0.39, 0.29) is 12.1 Å². The fraction of sp³-hybridized carbons (Fsp3) is 1.00. The number of aliphatic hydroxyl groups is 1. The minimum absolute atomic E-state index is 0.149. The van der Waals surface area contributed by atoms with Crippen molar-refractivity contribution in [1.82, 2.24) is 14.3 Å². The Balaban J connectivity index is 2.70. The number of β-amino-alcohol motifs (C(OH)–C–C–N with tert-alkyl or cyclic N) is 1. The van der Waals surface area contributed by atoms with Crippen molar-refractivity contribution in [3.8, 4) is 0 Å². The van der Waals surface area contributed by atoms with Gasteiger partial charge in [0.05, 0.1) is 12.1 Å². The van der Waals surface area contributed by atoms with Crippen molar-refractivity contribution in [2.75, 3.05) is 20.1 Å². The molecule has 15 heavy (non-hydrogen) atoms. The lowest BCUT2D eigenvalue weighted by molar-refractivity contribution is 0.135. The lowest BCUT2D eigenvalue weighted by Crippen LogP contribution is -2.50. The van der Waals surface area contributed by atoms with Gasteiger partial charge in [-0.3, -0.25) is 0 Å². The smallest absolute Gasteiger partial charge is 0.279 e. The quantitative estimate of drug-likeness (QED) is 0.555. The molecule has 2 atom stereocenters. The summed E-state index contributed by atoms with van der Waals surface area (Å²) in [6.07, 6.45) is -0.640. The van der Waals surface area contributed by atoms with Gasteiger partial charge < -0.3 is 10.4 Å². The lowest BCUT2D eigenvalue weighted by Gasteiger charge is -2.26. The van der Waals surface area contributed by atoms with Crippen molar-refractivity contribution in [3.63, 3.8) is 0 Å². The zero-order valence-electron chi connectivity index (χ0n) is 9.27. The zero-order valence-corrected chi connectivity index (χ0v) is 10.1. The molecule has 1 heterocycles. The molecule has 1 rings (SSSR count). The predicted molar refractivity (Wildman–Crippen MR) is 57.6 cm³/mol. The number of nitrogens with one attached hydrogen (secondary N) is 2. The Morgan fingerprint density at radius 3 is 2.47 bits per heavy atom. The van der Waals surface area contributed by atoms with E-state index < -0.39 is 16.3 Å². The van der Waals surface area contributed by atoms with E-state index in [4.69, 9.17) is 0 Å². The Hall–Kier alpha value is -0.210. The minimum Gasteiger partial charge on any atom is -0.390 e. The van der Waals surface area contributed by atoms with Crippen molar-refractivity contribution in [1.29, 1.82) is 0 Å². The van der Waals surface area contributed by atoms with E-state index in [1.54, 1.807) is 13.8 Å². The third-order valence-corrected chi connectivity index (χ3v) is 4.18. The Bertz CT molecular complexity index is 304. The highest BCUT2D eigenvalue weighted by molar-refractivity contribution is 7.87. The number of hydrogen-bond donors (Lipinski definition) is 3. The Kier molecular flexibility index (Phi) is 4.07. The summed E-state index contributed by atoms with van der Waals surface area (Å²) in [7, 11) is -2.01. The Morgan fingerprint density at radius 1 is 1.47 bits per heavy atom. The first-order valence-corrected chi connectivity index (χ1v) is 6.42. The molecule has 0 amide bonds. The molecule has 0 saturated carbocycles. The summed E-state index contributed by atoms with van der Waals surface area (Å²) in [5.74, 6) is 0. The summed E-state index contributed by atoms with van der Waals surface area (Å²) in [5, 5.41) is 12.5. The first-order valence-electron chi connectivity index (χ1n) is 4.98. The van der Waals surface area contributed by atoms with Gasteiger partial charge in [0.1, 0.15) is 0 Å². The van der Waals surface area contributed by atoms with Gasteiger partial charge in [0.15, 0.2) is 0 Å². The maximum absolute atomic E-state index is 11.7. The predicted octanol–water partition coefficient (Wildman–Crippen LogP) is -1.51. The summed E-state index contributed by atoms with van der Waals surface area (Å²) in [5.41, 5.74) is 0. The molecule has 0 unspecified atom stereocenters.